The van der Waals surface area contributed by atoms with Crippen LogP contribution in [0.25, 0.3) is 10.9 Å². The number of carbonyl (C=O) groups is 3. The summed E-state index contributed by atoms with van der Waals surface area (Å²) >= 11 is 0. The number of hydrogen-bond donors (Lipinski definition) is 0. The first-order valence-corrected chi connectivity index (χ1v) is 6.15. The molecule has 1 aromatic heterocycles. The van der Waals surface area contributed by atoms with Crippen LogP contribution in [0, 0.1) is 6.92 Å². The van der Waals surface area contributed by atoms with Crippen LogP contribution in [0.3, 0.4) is 0 Å². The lowest BCUT2D eigenvalue weighted by Crippen LogP contribution is -2.19. The minimum Gasteiger partial charge on any atom is -0.469 e. The topological polar surface area (TPSA) is 65.4 Å². The molecule has 1 heterocycles. The van der Waals surface area contributed by atoms with Crippen molar-refractivity contribution in [3.05, 3.63) is 35.5 Å². The molecular weight excluding hydrogens is 258 g/mol. The number of esters is 1. The van der Waals surface area contributed by atoms with Crippen molar-refractivity contribution in [1.29, 1.82) is 0 Å². The van der Waals surface area contributed by atoms with Crippen molar-refractivity contribution in [3.8, 4) is 0 Å². The van der Waals surface area contributed by atoms with E-state index in [9.17, 15) is 14.4 Å². The molecule has 0 saturated carbocycles. The van der Waals surface area contributed by atoms with E-state index in [0.29, 0.717) is 11.3 Å². The van der Waals surface area contributed by atoms with Crippen LogP contribution in [0.2, 0.25) is 0 Å². The van der Waals surface area contributed by atoms with E-state index in [4.69, 9.17) is 0 Å². The smallest absolute Gasteiger partial charge is 0.313 e. The Morgan fingerprint density at radius 2 is 1.85 bits per heavy atom. The number of ether oxygens (including phenoxy) is 1. The van der Waals surface area contributed by atoms with Crippen molar-refractivity contribution < 1.29 is 19.1 Å². The Labute approximate surface area is 116 Å². The van der Waals surface area contributed by atoms with Crippen molar-refractivity contribution in [3.63, 3.8) is 0 Å². The first-order valence-electron chi connectivity index (χ1n) is 6.15. The van der Waals surface area contributed by atoms with Crippen molar-refractivity contribution in [1.82, 2.24) is 4.57 Å². The Kier molecular flexibility index (Phi) is 3.70. The summed E-state index contributed by atoms with van der Waals surface area (Å²) in [5.74, 6) is -2.11. The van der Waals surface area contributed by atoms with Crippen molar-refractivity contribution in [2.24, 2.45) is 7.05 Å². The lowest BCUT2D eigenvalue weighted by Gasteiger charge is -2.01. The highest BCUT2D eigenvalue weighted by molar-refractivity contribution is 6.48. The third kappa shape index (κ3) is 2.22. The number of benzene rings is 1. The molecule has 0 N–H and O–H groups in total. The number of carbonyl (C=O) groups excluding carboxylic acids is 3. The standard InChI is InChI=1S/C15H15NO4/c1-9-14(15(19)12(17)8-13(18)20-3)10-6-4-5-7-11(10)16(9)2/h4-7H,8H2,1-3H3. The number of para-hydroxylation sites is 1. The second kappa shape index (κ2) is 5.28. The van der Waals surface area contributed by atoms with Crippen molar-refractivity contribution >= 4 is 28.4 Å². The number of Topliss-reactive ketones (excluding diaryl/α,β-unsaturated/α-hetero) is 2. The monoisotopic (exact) mass is 273 g/mol. The molecule has 0 bridgehead atoms. The van der Waals surface area contributed by atoms with Gasteiger partial charge < -0.3 is 9.30 Å². The summed E-state index contributed by atoms with van der Waals surface area (Å²) in [6, 6.07) is 7.35. The molecule has 0 saturated heterocycles. The van der Waals surface area contributed by atoms with Gasteiger partial charge in [0.15, 0.2) is 0 Å². The highest BCUT2D eigenvalue weighted by atomic mass is 16.5. The summed E-state index contributed by atoms with van der Waals surface area (Å²) in [4.78, 5) is 35.2. The molecule has 5 heteroatoms. The number of methoxy groups -OCH3 is 1. The molecule has 0 aliphatic carbocycles. The average molecular weight is 273 g/mol. The zero-order chi connectivity index (χ0) is 14.9. The molecule has 5 nitrogen and oxygen atoms in total. The van der Waals surface area contributed by atoms with Gasteiger partial charge in [-0.25, -0.2) is 0 Å². The van der Waals surface area contributed by atoms with Crippen LogP contribution in [0.5, 0.6) is 0 Å². The molecular formula is C15H15NO4. The van der Waals surface area contributed by atoms with Gasteiger partial charge >= 0.3 is 5.97 Å². The molecule has 0 fully saturated rings. The van der Waals surface area contributed by atoms with Gasteiger partial charge in [-0.2, -0.15) is 0 Å². The molecule has 0 aliphatic heterocycles. The second-order valence-electron chi connectivity index (χ2n) is 4.54. The van der Waals surface area contributed by atoms with E-state index in [0.717, 1.165) is 10.9 Å². The highest BCUT2D eigenvalue weighted by Gasteiger charge is 2.25. The lowest BCUT2D eigenvalue weighted by atomic mass is 10.0. The number of ketones is 2. The normalized spacial score (nSPS) is 10.6. The van der Waals surface area contributed by atoms with Gasteiger partial charge in [-0.3, -0.25) is 14.4 Å². The summed E-state index contributed by atoms with van der Waals surface area (Å²) in [5.41, 5.74) is 1.94. The molecule has 0 unspecified atom stereocenters. The number of fused-ring (bicyclic) bond motifs is 1. The van der Waals surface area contributed by atoms with E-state index < -0.39 is 24.0 Å². The highest BCUT2D eigenvalue weighted by Crippen LogP contribution is 2.25. The average Bonchev–Trinajstić information content (AvgIpc) is 2.70. The maximum atomic E-state index is 12.3. The van der Waals surface area contributed by atoms with Crippen LogP contribution in [-0.2, 0) is 21.4 Å². The summed E-state index contributed by atoms with van der Waals surface area (Å²) in [7, 11) is 3.02. The Hall–Kier alpha value is -2.43. The quantitative estimate of drug-likeness (QED) is 0.369. The van der Waals surface area contributed by atoms with E-state index in [1.54, 1.807) is 13.0 Å². The van der Waals surface area contributed by atoms with Crippen molar-refractivity contribution in [2.45, 2.75) is 13.3 Å². The first-order chi connectivity index (χ1) is 9.47. The Morgan fingerprint density at radius 1 is 1.20 bits per heavy atom. The fourth-order valence-corrected chi connectivity index (χ4v) is 2.23. The summed E-state index contributed by atoms with van der Waals surface area (Å²) in [6.45, 7) is 1.78. The van der Waals surface area contributed by atoms with Gasteiger partial charge in [0.05, 0.1) is 12.7 Å². The number of rotatable bonds is 4. The Balaban J connectivity index is 2.48. The fraction of sp³-hybridized carbons (Fsp3) is 0.267. The van der Waals surface area contributed by atoms with Gasteiger partial charge in [-0.15, -0.1) is 0 Å². The molecule has 0 atom stereocenters. The van der Waals surface area contributed by atoms with E-state index in [2.05, 4.69) is 4.74 Å². The molecule has 20 heavy (non-hydrogen) atoms. The fourth-order valence-electron chi connectivity index (χ4n) is 2.23. The summed E-state index contributed by atoms with van der Waals surface area (Å²) < 4.78 is 6.27. The van der Waals surface area contributed by atoms with Gasteiger partial charge in [0.1, 0.15) is 6.42 Å². The lowest BCUT2D eigenvalue weighted by molar-refractivity contribution is -0.142. The molecule has 2 aromatic rings. The number of hydrogen-bond acceptors (Lipinski definition) is 4. The molecule has 2 rings (SSSR count). The third-order valence-electron chi connectivity index (χ3n) is 3.41. The number of nitrogens with zero attached hydrogens (tertiary/aromatic N) is 1. The van der Waals surface area contributed by atoms with Crippen LogP contribution in [-0.4, -0.2) is 29.2 Å². The van der Waals surface area contributed by atoms with E-state index in [-0.39, 0.29) is 0 Å². The zero-order valence-corrected chi connectivity index (χ0v) is 11.6. The second-order valence-corrected chi connectivity index (χ2v) is 4.54. The van der Waals surface area contributed by atoms with Crippen LogP contribution >= 0.6 is 0 Å². The summed E-state index contributed by atoms with van der Waals surface area (Å²) in [6.07, 6.45) is -0.530. The molecule has 0 spiro atoms. The molecule has 0 amide bonds. The zero-order valence-electron chi connectivity index (χ0n) is 11.6. The molecule has 0 aliphatic rings. The first kappa shape index (κ1) is 14.0. The van der Waals surface area contributed by atoms with Gasteiger partial charge in [-0.1, -0.05) is 18.2 Å². The Bertz CT molecular complexity index is 712. The maximum Gasteiger partial charge on any atom is 0.313 e. The van der Waals surface area contributed by atoms with Crippen LogP contribution in [0.15, 0.2) is 24.3 Å². The van der Waals surface area contributed by atoms with Gasteiger partial charge in [0, 0.05) is 23.6 Å². The van der Waals surface area contributed by atoms with Gasteiger partial charge in [0.2, 0.25) is 11.6 Å². The molecule has 104 valence electrons. The van der Waals surface area contributed by atoms with E-state index in [1.165, 1.54) is 7.11 Å². The van der Waals surface area contributed by atoms with Gasteiger partial charge in [0.25, 0.3) is 0 Å². The predicted molar refractivity (Wildman–Crippen MR) is 73.6 cm³/mol. The SMILES string of the molecule is COC(=O)CC(=O)C(=O)c1c(C)n(C)c2ccccc12. The third-order valence-corrected chi connectivity index (χ3v) is 3.41. The van der Waals surface area contributed by atoms with Gasteiger partial charge in [-0.05, 0) is 13.0 Å². The molecule has 0 radical (unpaired) electrons. The van der Waals surface area contributed by atoms with E-state index in [1.807, 2.05) is 29.8 Å². The molecule has 1 aromatic carbocycles. The van der Waals surface area contributed by atoms with Crippen LogP contribution in [0.1, 0.15) is 22.5 Å². The maximum absolute atomic E-state index is 12.3. The summed E-state index contributed by atoms with van der Waals surface area (Å²) in [5, 5.41) is 0.718. The minimum atomic E-state index is -0.753. The Morgan fingerprint density at radius 3 is 2.50 bits per heavy atom. The largest absolute Gasteiger partial charge is 0.469 e. The number of aryl methyl sites for hydroxylation is 1. The van der Waals surface area contributed by atoms with Crippen LogP contribution in [0.4, 0.5) is 0 Å². The van der Waals surface area contributed by atoms with E-state index >= 15 is 0 Å². The minimum absolute atomic E-state index is 0.358. The van der Waals surface area contributed by atoms with Crippen LogP contribution < -0.4 is 0 Å². The predicted octanol–water partition coefficient (Wildman–Crippen LogP) is 1.80. The number of aromatic nitrogens is 1. The van der Waals surface area contributed by atoms with Crippen molar-refractivity contribution in [2.75, 3.05) is 7.11 Å².